The van der Waals surface area contributed by atoms with E-state index in [0.29, 0.717) is 10.9 Å². The van der Waals surface area contributed by atoms with Crippen LogP contribution in [0.15, 0.2) is 33.5 Å². The number of ether oxygens (including phenoxy) is 2. The summed E-state index contributed by atoms with van der Waals surface area (Å²) >= 11 is 0. The van der Waals surface area contributed by atoms with Crippen LogP contribution in [-0.4, -0.2) is 24.8 Å². The summed E-state index contributed by atoms with van der Waals surface area (Å²) in [5.74, 6) is -0.535. The fourth-order valence-electron chi connectivity index (χ4n) is 1.66. The second-order valence-electron chi connectivity index (χ2n) is 3.86. The van der Waals surface area contributed by atoms with Crippen molar-refractivity contribution < 1.29 is 23.8 Å². The van der Waals surface area contributed by atoms with Crippen LogP contribution in [-0.2, 0) is 20.9 Å². The number of rotatable bonds is 4. The third kappa shape index (κ3) is 3.11. The molecule has 0 amide bonds. The zero-order valence-corrected chi connectivity index (χ0v) is 10.2. The number of phenolic OH excluding ortho intramolecular Hbond substituents is 1. The molecule has 1 heterocycles. The molecule has 0 spiro atoms. The first-order valence-corrected chi connectivity index (χ1v) is 5.50. The van der Waals surface area contributed by atoms with Crippen LogP contribution in [0.2, 0.25) is 0 Å². The first kappa shape index (κ1) is 13.1. The molecule has 1 N–H and O–H groups in total. The first-order valence-electron chi connectivity index (χ1n) is 5.50. The fourth-order valence-corrected chi connectivity index (χ4v) is 1.66. The summed E-state index contributed by atoms with van der Waals surface area (Å²) < 4.78 is 14.5. The number of fused-ring (bicyclic) bond motifs is 1. The molecular weight excluding hydrogens is 252 g/mol. The molecule has 0 radical (unpaired) electrons. The highest BCUT2D eigenvalue weighted by atomic mass is 16.6. The second kappa shape index (κ2) is 5.53. The molecule has 6 heteroatoms. The van der Waals surface area contributed by atoms with Gasteiger partial charge < -0.3 is 19.0 Å². The van der Waals surface area contributed by atoms with E-state index in [-0.39, 0.29) is 24.5 Å². The molecule has 0 aliphatic rings. The molecule has 2 aromatic rings. The standard InChI is InChI=1S/C13H12O6/c1-17-7-13(16)18-6-8-4-12(15)19-11-5-9(14)2-3-10(8)11/h2-5,14H,6-7H2,1H3. The minimum absolute atomic E-state index is 0.0100. The monoisotopic (exact) mass is 264 g/mol. The van der Waals surface area contributed by atoms with Crippen molar-refractivity contribution in [1.29, 1.82) is 0 Å². The Morgan fingerprint density at radius 3 is 2.89 bits per heavy atom. The maximum Gasteiger partial charge on any atom is 0.336 e. The molecule has 0 fully saturated rings. The Morgan fingerprint density at radius 2 is 2.16 bits per heavy atom. The average molecular weight is 264 g/mol. The molecule has 0 atom stereocenters. The first-order chi connectivity index (χ1) is 9.10. The quantitative estimate of drug-likeness (QED) is 0.659. The van der Waals surface area contributed by atoms with Gasteiger partial charge in [-0.1, -0.05) is 0 Å². The van der Waals surface area contributed by atoms with Crippen LogP contribution >= 0.6 is 0 Å². The molecule has 19 heavy (non-hydrogen) atoms. The van der Waals surface area contributed by atoms with Gasteiger partial charge in [0.05, 0.1) is 0 Å². The fraction of sp³-hybridized carbons (Fsp3) is 0.231. The molecule has 0 saturated carbocycles. The number of hydrogen-bond acceptors (Lipinski definition) is 6. The largest absolute Gasteiger partial charge is 0.508 e. The van der Waals surface area contributed by atoms with Gasteiger partial charge >= 0.3 is 11.6 Å². The van der Waals surface area contributed by atoms with E-state index in [1.165, 1.54) is 25.3 Å². The molecule has 6 nitrogen and oxygen atoms in total. The number of esters is 1. The Kier molecular flexibility index (Phi) is 3.82. The van der Waals surface area contributed by atoms with E-state index in [9.17, 15) is 14.7 Å². The van der Waals surface area contributed by atoms with Gasteiger partial charge in [0.1, 0.15) is 24.5 Å². The molecule has 0 aliphatic heterocycles. The highest BCUT2D eigenvalue weighted by molar-refractivity contribution is 5.81. The van der Waals surface area contributed by atoms with Crippen LogP contribution < -0.4 is 5.63 Å². The maximum absolute atomic E-state index is 11.4. The minimum Gasteiger partial charge on any atom is -0.508 e. The van der Waals surface area contributed by atoms with Crippen molar-refractivity contribution in [1.82, 2.24) is 0 Å². The van der Waals surface area contributed by atoms with Gasteiger partial charge in [0, 0.05) is 30.2 Å². The number of phenols is 1. The third-order valence-corrected chi connectivity index (χ3v) is 2.46. The summed E-state index contributed by atoms with van der Waals surface area (Å²) in [7, 11) is 1.39. The zero-order chi connectivity index (χ0) is 13.8. The summed E-state index contributed by atoms with van der Waals surface area (Å²) in [6.07, 6.45) is 0. The van der Waals surface area contributed by atoms with Gasteiger partial charge in [-0.3, -0.25) is 0 Å². The Balaban J connectivity index is 2.32. The van der Waals surface area contributed by atoms with Crippen molar-refractivity contribution in [2.24, 2.45) is 0 Å². The van der Waals surface area contributed by atoms with E-state index in [4.69, 9.17) is 9.15 Å². The summed E-state index contributed by atoms with van der Waals surface area (Å²) in [6.45, 7) is -0.213. The Hall–Kier alpha value is -2.34. The van der Waals surface area contributed by atoms with Crippen LogP contribution in [0, 0.1) is 0 Å². The summed E-state index contributed by atoms with van der Waals surface area (Å²) in [5, 5.41) is 9.94. The molecule has 0 bridgehead atoms. The Bertz CT molecular complexity index is 658. The van der Waals surface area contributed by atoms with Crippen molar-refractivity contribution in [2.75, 3.05) is 13.7 Å². The number of carbonyl (C=O) groups excluding carboxylic acids is 1. The molecule has 0 saturated heterocycles. The maximum atomic E-state index is 11.4. The third-order valence-electron chi connectivity index (χ3n) is 2.46. The van der Waals surface area contributed by atoms with Crippen molar-refractivity contribution in [3.8, 4) is 5.75 Å². The van der Waals surface area contributed by atoms with E-state index in [1.807, 2.05) is 0 Å². The normalized spacial score (nSPS) is 10.6. The number of methoxy groups -OCH3 is 1. The van der Waals surface area contributed by atoms with Gasteiger partial charge in [-0.15, -0.1) is 0 Å². The van der Waals surface area contributed by atoms with E-state index < -0.39 is 11.6 Å². The highest BCUT2D eigenvalue weighted by Crippen LogP contribution is 2.22. The van der Waals surface area contributed by atoms with Crippen LogP contribution in [0.1, 0.15) is 5.56 Å². The zero-order valence-electron chi connectivity index (χ0n) is 10.2. The predicted molar refractivity (Wildman–Crippen MR) is 65.8 cm³/mol. The summed E-state index contributed by atoms with van der Waals surface area (Å²) in [5.41, 5.74) is 0.178. The lowest BCUT2D eigenvalue weighted by molar-refractivity contribution is -0.149. The predicted octanol–water partition coefficient (Wildman–Crippen LogP) is 1.19. The molecule has 0 aliphatic carbocycles. The van der Waals surface area contributed by atoms with Gasteiger partial charge in [-0.2, -0.15) is 0 Å². The van der Waals surface area contributed by atoms with Crippen LogP contribution in [0.4, 0.5) is 0 Å². The van der Waals surface area contributed by atoms with Crippen molar-refractivity contribution in [2.45, 2.75) is 6.61 Å². The summed E-state index contributed by atoms with van der Waals surface area (Å²) in [4.78, 5) is 22.6. The second-order valence-corrected chi connectivity index (χ2v) is 3.86. The number of benzene rings is 1. The summed E-state index contributed by atoms with van der Waals surface area (Å²) in [6, 6.07) is 5.63. The van der Waals surface area contributed by atoms with Gasteiger partial charge in [0.15, 0.2) is 0 Å². The van der Waals surface area contributed by atoms with Crippen LogP contribution in [0.5, 0.6) is 5.75 Å². The molecule has 1 aromatic heterocycles. The number of carbonyl (C=O) groups is 1. The lowest BCUT2D eigenvalue weighted by Gasteiger charge is -2.07. The lowest BCUT2D eigenvalue weighted by atomic mass is 10.1. The van der Waals surface area contributed by atoms with Gasteiger partial charge in [0.2, 0.25) is 0 Å². The van der Waals surface area contributed by atoms with Crippen LogP contribution in [0.25, 0.3) is 11.0 Å². The molecule has 2 rings (SSSR count). The molecule has 100 valence electrons. The molecule has 1 aromatic carbocycles. The smallest absolute Gasteiger partial charge is 0.336 e. The van der Waals surface area contributed by atoms with Crippen molar-refractivity contribution in [3.63, 3.8) is 0 Å². The van der Waals surface area contributed by atoms with E-state index in [0.717, 1.165) is 0 Å². The van der Waals surface area contributed by atoms with Crippen molar-refractivity contribution >= 4 is 16.9 Å². The number of hydrogen-bond donors (Lipinski definition) is 1. The SMILES string of the molecule is COCC(=O)OCc1cc(=O)oc2cc(O)ccc12. The average Bonchev–Trinajstić information content (AvgIpc) is 2.35. The van der Waals surface area contributed by atoms with E-state index in [2.05, 4.69) is 4.74 Å². The van der Waals surface area contributed by atoms with E-state index >= 15 is 0 Å². The molecule has 0 unspecified atom stereocenters. The van der Waals surface area contributed by atoms with E-state index in [1.54, 1.807) is 6.07 Å². The van der Waals surface area contributed by atoms with Crippen molar-refractivity contribution in [3.05, 3.63) is 40.2 Å². The van der Waals surface area contributed by atoms with Gasteiger partial charge in [-0.05, 0) is 12.1 Å². The minimum atomic E-state index is -0.573. The topological polar surface area (TPSA) is 86.0 Å². The molecular formula is C13H12O6. The van der Waals surface area contributed by atoms with Gasteiger partial charge in [-0.25, -0.2) is 9.59 Å². The number of aromatic hydroxyl groups is 1. The highest BCUT2D eigenvalue weighted by Gasteiger charge is 2.09. The Morgan fingerprint density at radius 1 is 1.37 bits per heavy atom. The Labute approximate surface area is 108 Å². The van der Waals surface area contributed by atoms with Crippen LogP contribution in [0.3, 0.4) is 0 Å². The van der Waals surface area contributed by atoms with Gasteiger partial charge in [0.25, 0.3) is 0 Å². The lowest BCUT2D eigenvalue weighted by Crippen LogP contribution is -2.12.